The zero-order chi connectivity index (χ0) is 13.7. The number of rotatable bonds is 5. The normalized spacial score (nSPS) is 21.2. The highest BCUT2D eigenvalue weighted by Crippen LogP contribution is 2.22. The predicted octanol–water partition coefficient (Wildman–Crippen LogP) is 2.85. The number of likely N-dealkylation sites (tertiary alicyclic amines) is 1. The summed E-state index contributed by atoms with van der Waals surface area (Å²) >= 11 is 0. The average Bonchev–Trinajstić information content (AvgIpc) is 2.48. The summed E-state index contributed by atoms with van der Waals surface area (Å²) in [6.07, 6.45) is 6.44. The molecule has 1 aliphatic heterocycles. The van der Waals surface area contributed by atoms with E-state index in [2.05, 4.69) is 42.0 Å². The van der Waals surface area contributed by atoms with Crippen molar-refractivity contribution in [2.75, 3.05) is 19.6 Å². The molecule has 0 bridgehead atoms. The van der Waals surface area contributed by atoms with Crippen molar-refractivity contribution in [1.29, 1.82) is 0 Å². The maximum Gasteiger partial charge on any atom is 0.0315 e. The standard InChI is InChI=1S/C16H27N3/c1-4-19-10-7-15(8-11-19)13(2)18-14(3)16-6-5-9-17-12-16/h5-6,9,12-15,18H,4,7-8,10-11H2,1-3H3. The molecule has 1 aromatic rings. The quantitative estimate of drug-likeness (QED) is 0.883. The van der Waals surface area contributed by atoms with Crippen LogP contribution >= 0.6 is 0 Å². The number of nitrogens with one attached hydrogen (secondary N) is 1. The molecule has 106 valence electrons. The van der Waals surface area contributed by atoms with Crippen LogP contribution in [0.15, 0.2) is 24.5 Å². The molecule has 1 N–H and O–H groups in total. The molecule has 0 saturated carbocycles. The second kappa shape index (κ2) is 7.01. The molecule has 2 heterocycles. The highest BCUT2D eigenvalue weighted by Gasteiger charge is 2.24. The first-order valence-corrected chi connectivity index (χ1v) is 7.59. The second-order valence-corrected chi connectivity index (χ2v) is 5.74. The van der Waals surface area contributed by atoms with Gasteiger partial charge in [-0.1, -0.05) is 13.0 Å². The van der Waals surface area contributed by atoms with Crippen molar-refractivity contribution < 1.29 is 0 Å². The van der Waals surface area contributed by atoms with Crippen LogP contribution in [0.1, 0.15) is 45.2 Å². The third-order valence-corrected chi connectivity index (χ3v) is 4.48. The minimum atomic E-state index is 0.382. The summed E-state index contributed by atoms with van der Waals surface area (Å²) in [7, 11) is 0. The Morgan fingerprint density at radius 3 is 2.68 bits per heavy atom. The fourth-order valence-corrected chi connectivity index (χ4v) is 3.03. The van der Waals surface area contributed by atoms with Crippen molar-refractivity contribution in [2.24, 2.45) is 5.92 Å². The Morgan fingerprint density at radius 2 is 2.11 bits per heavy atom. The van der Waals surface area contributed by atoms with Crippen molar-refractivity contribution in [3.63, 3.8) is 0 Å². The third-order valence-electron chi connectivity index (χ3n) is 4.48. The maximum absolute atomic E-state index is 4.20. The van der Waals surface area contributed by atoms with Gasteiger partial charge in [-0.25, -0.2) is 0 Å². The Hall–Kier alpha value is -0.930. The molecule has 2 unspecified atom stereocenters. The first-order chi connectivity index (χ1) is 9.20. The first-order valence-electron chi connectivity index (χ1n) is 7.59. The second-order valence-electron chi connectivity index (χ2n) is 5.74. The van der Waals surface area contributed by atoms with Gasteiger partial charge in [0.15, 0.2) is 0 Å². The summed E-state index contributed by atoms with van der Waals surface area (Å²) in [5.41, 5.74) is 1.28. The van der Waals surface area contributed by atoms with E-state index in [1.54, 1.807) is 0 Å². The lowest BCUT2D eigenvalue weighted by Gasteiger charge is -2.35. The smallest absolute Gasteiger partial charge is 0.0315 e. The lowest BCUT2D eigenvalue weighted by atomic mass is 9.89. The lowest BCUT2D eigenvalue weighted by Crippen LogP contribution is -2.42. The van der Waals surface area contributed by atoms with Crippen molar-refractivity contribution in [1.82, 2.24) is 15.2 Å². The van der Waals surface area contributed by atoms with E-state index in [9.17, 15) is 0 Å². The Balaban J connectivity index is 1.83. The van der Waals surface area contributed by atoms with Crippen LogP contribution in [-0.2, 0) is 0 Å². The molecule has 0 amide bonds. The molecular formula is C16H27N3. The van der Waals surface area contributed by atoms with Crippen molar-refractivity contribution in [3.8, 4) is 0 Å². The minimum absolute atomic E-state index is 0.382. The Bertz CT molecular complexity index is 358. The molecule has 3 nitrogen and oxygen atoms in total. The van der Waals surface area contributed by atoms with Crippen LogP contribution in [0.25, 0.3) is 0 Å². The van der Waals surface area contributed by atoms with Gasteiger partial charge in [-0.3, -0.25) is 4.98 Å². The van der Waals surface area contributed by atoms with E-state index < -0.39 is 0 Å². The molecule has 1 saturated heterocycles. The molecule has 0 spiro atoms. The van der Waals surface area contributed by atoms with E-state index in [4.69, 9.17) is 0 Å². The van der Waals surface area contributed by atoms with Crippen LogP contribution in [0, 0.1) is 5.92 Å². The van der Waals surface area contributed by atoms with Gasteiger partial charge in [0.2, 0.25) is 0 Å². The third kappa shape index (κ3) is 4.02. The van der Waals surface area contributed by atoms with E-state index >= 15 is 0 Å². The van der Waals surface area contributed by atoms with E-state index in [-0.39, 0.29) is 0 Å². The van der Waals surface area contributed by atoms with Crippen LogP contribution in [0.5, 0.6) is 0 Å². The highest BCUT2D eigenvalue weighted by molar-refractivity contribution is 5.13. The number of pyridine rings is 1. The molecular weight excluding hydrogens is 234 g/mol. The SMILES string of the molecule is CCN1CCC(C(C)NC(C)c2cccnc2)CC1. The van der Waals surface area contributed by atoms with Gasteiger partial charge in [0, 0.05) is 24.5 Å². The molecule has 2 rings (SSSR count). The number of nitrogens with zero attached hydrogens (tertiary/aromatic N) is 2. The molecule has 0 radical (unpaired) electrons. The Labute approximate surface area is 117 Å². The van der Waals surface area contributed by atoms with Crippen LogP contribution in [-0.4, -0.2) is 35.6 Å². The van der Waals surface area contributed by atoms with Crippen LogP contribution in [0.4, 0.5) is 0 Å². The largest absolute Gasteiger partial charge is 0.307 e. The summed E-state index contributed by atoms with van der Waals surface area (Å²) in [5.74, 6) is 0.807. The van der Waals surface area contributed by atoms with Crippen LogP contribution in [0.2, 0.25) is 0 Å². The lowest BCUT2D eigenvalue weighted by molar-refractivity contribution is 0.165. The molecule has 1 aromatic heterocycles. The van der Waals surface area contributed by atoms with E-state index in [0.29, 0.717) is 12.1 Å². The fourth-order valence-electron chi connectivity index (χ4n) is 3.03. The van der Waals surface area contributed by atoms with Crippen molar-refractivity contribution in [3.05, 3.63) is 30.1 Å². The van der Waals surface area contributed by atoms with Gasteiger partial charge in [0.05, 0.1) is 0 Å². The summed E-state index contributed by atoms with van der Waals surface area (Å²) in [6.45, 7) is 10.5. The number of piperidine rings is 1. The van der Waals surface area contributed by atoms with Gasteiger partial charge in [-0.2, -0.15) is 0 Å². The molecule has 0 aliphatic carbocycles. The van der Waals surface area contributed by atoms with Gasteiger partial charge in [-0.15, -0.1) is 0 Å². The topological polar surface area (TPSA) is 28.2 Å². The fraction of sp³-hybridized carbons (Fsp3) is 0.688. The summed E-state index contributed by atoms with van der Waals surface area (Å²) < 4.78 is 0. The minimum Gasteiger partial charge on any atom is -0.307 e. The summed E-state index contributed by atoms with van der Waals surface area (Å²) in [5, 5.41) is 3.74. The zero-order valence-electron chi connectivity index (χ0n) is 12.5. The first kappa shape index (κ1) is 14.5. The van der Waals surface area contributed by atoms with E-state index in [1.807, 2.05) is 18.5 Å². The van der Waals surface area contributed by atoms with Gasteiger partial charge in [0.1, 0.15) is 0 Å². The number of hydrogen-bond donors (Lipinski definition) is 1. The summed E-state index contributed by atoms with van der Waals surface area (Å²) in [6, 6.07) is 5.12. The molecule has 1 fully saturated rings. The molecule has 2 atom stereocenters. The molecule has 0 aromatic carbocycles. The van der Waals surface area contributed by atoms with E-state index in [0.717, 1.165) is 5.92 Å². The van der Waals surface area contributed by atoms with Gasteiger partial charge in [-0.05, 0) is 63.9 Å². The monoisotopic (exact) mass is 261 g/mol. The van der Waals surface area contributed by atoms with Gasteiger partial charge >= 0.3 is 0 Å². The van der Waals surface area contributed by atoms with Crippen LogP contribution < -0.4 is 5.32 Å². The van der Waals surface area contributed by atoms with E-state index in [1.165, 1.54) is 38.0 Å². The average molecular weight is 261 g/mol. The highest BCUT2D eigenvalue weighted by atomic mass is 15.1. The van der Waals surface area contributed by atoms with Crippen molar-refractivity contribution in [2.45, 2.75) is 45.7 Å². The number of aromatic nitrogens is 1. The number of hydrogen-bond acceptors (Lipinski definition) is 3. The van der Waals surface area contributed by atoms with Crippen LogP contribution in [0.3, 0.4) is 0 Å². The van der Waals surface area contributed by atoms with Crippen molar-refractivity contribution >= 4 is 0 Å². The zero-order valence-corrected chi connectivity index (χ0v) is 12.5. The predicted molar refractivity (Wildman–Crippen MR) is 80.1 cm³/mol. The summed E-state index contributed by atoms with van der Waals surface area (Å²) in [4.78, 5) is 6.75. The van der Waals surface area contributed by atoms with Gasteiger partial charge in [0.25, 0.3) is 0 Å². The molecule has 19 heavy (non-hydrogen) atoms. The Morgan fingerprint density at radius 1 is 1.37 bits per heavy atom. The maximum atomic E-state index is 4.20. The van der Waals surface area contributed by atoms with Gasteiger partial charge < -0.3 is 10.2 Å². The molecule has 1 aliphatic rings. The Kier molecular flexibility index (Phi) is 5.34. The molecule has 3 heteroatoms.